The van der Waals surface area contributed by atoms with Gasteiger partial charge in [-0.05, 0) is 49.0 Å². The molecule has 0 bridgehead atoms. The fraction of sp³-hybridized carbons (Fsp3) is 0.385. The first-order valence-corrected chi connectivity index (χ1v) is 10.9. The predicted octanol–water partition coefficient (Wildman–Crippen LogP) is 4.44. The van der Waals surface area contributed by atoms with Crippen LogP contribution in [-0.4, -0.2) is 33.1 Å². The Hall–Kier alpha value is -3.12. The maximum absolute atomic E-state index is 12.6. The zero-order valence-corrected chi connectivity index (χ0v) is 19.1. The van der Waals surface area contributed by atoms with Crippen LogP contribution in [0.5, 0.6) is 5.75 Å². The number of hydrogen-bond acceptors (Lipinski definition) is 5. The van der Waals surface area contributed by atoms with Gasteiger partial charge in [-0.1, -0.05) is 69.2 Å². The molecule has 32 heavy (non-hydrogen) atoms. The van der Waals surface area contributed by atoms with E-state index >= 15 is 0 Å². The number of amides is 1. The monoisotopic (exact) mass is 439 g/mol. The molecule has 6 heteroatoms. The summed E-state index contributed by atoms with van der Waals surface area (Å²) in [5, 5.41) is 32.5. The standard InChI is InChI=1S/C26H33NO5/c1-5-16(2)14-18(4)15-17(3)8-6-7-9-21(29)22-25(31)23(27-26(22)32)24(30)19-10-12-20(28)13-11-19/h6-13,15-16,18,23-24,28-30H,5,14H2,1-4H3,(H,27,32)/b8-6+,9-7+,17-15+,22-21+/t16-,18-,23+,24+/m1/s1. The molecule has 0 radical (unpaired) electrons. The Morgan fingerprint density at radius 3 is 2.38 bits per heavy atom. The Balaban J connectivity index is 2.06. The fourth-order valence-corrected chi connectivity index (χ4v) is 3.69. The molecule has 1 fully saturated rings. The lowest BCUT2D eigenvalue weighted by atomic mass is 9.94. The molecule has 0 spiro atoms. The number of phenols is 1. The van der Waals surface area contributed by atoms with E-state index in [4.69, 9.17) is 0 Å². The molecule has 1 amide bonds. The third kappa shape index (κ3) is 6.69. The third-order valence-electron chi connectivity index (χ3n) is 5.59. The van der Waals surface area contributed by atoms with Crippen molar-refractivity contribution in [3.63, 3.8) is 0 Å². The molecule has 0 saturated carbocycles. The van der Waals surface area contributed by atoms with Gasteiger partial charge in [0.2, 0.25) is 0 Å². The number of ketones is 1. The Morgan fingerprint density at radius 2 is 1.75 bits per heavy atom. The number of rotatable bonds is 9. The van der Waals surface area contributed by atoms with Gasteiger partial charge in [0, 0.05) is 0 Å². The molecule has 1 aromatic rings. The molecular formula is C26H33NO5. The molecule has 0 aromatic heterocycles. The van der Waals surface area contributed by atoms with Crippen LogP contribution in [-0.2, 0) is 9.59 Å². The molecule has 4 N–H and O–H groups in total. The van der Waals surface area contributed by atoms with Gasteiger partial charge in [0.1, 0.15) is 29.2 Å². The minimum Gasteiger partial charge on any atom is -0.508 e. The lowest BCUT2D eigenvalue weighted by Crippen LogP contribution is -2.35. The van der Waals surface area contributed by atoms with Crippen LogP contribution in [0.3, 0.4) is 0 Å². The second-order valence-electron chi connectivity index (χ2n) is 8.47. The summed E-state index contributed by atoms with van der Waals surface area (Å²) in [6.45, 7) is 8.61. The highest BCUT2D eigenvalue weighted by Crippen LogP contribution is 2.26. The minimum absolute atomic E-state index is 0.0224. The van der Waals surface area contributed by atoms with Gasteiger partial charge < -0.3 is 20.6 Å². The topological polar surface area (TPSA) is 107 Å². The maximum Gasteiger partial charge on any atom is 0.259 e. The largest absolute Gasteiger partial charge is 0.508 e. The number of carbonyl (C=O) groups is 2. The van der Waals surface area contributed by atoms with Crippen LogP contribution in [0.2, 0.25) is 0 Å². The molecule has 1 aliphatic rings. The summed E-state index contributed by atoms with van der Waals surface area (Å²) in [6, 6.07) is 4.48. The number of phenolic OH excluding ortho intramolecular Hbond substituents is 1. The highest BCUT2D eigenvalue weighted by molar-refractivity contribution is 6.27. The van der Waals surface area contributed by atoms with Gasteiger partial charge in [-0.15, -0.1) is 0 Å². The first-order valence-electron chi connectivity index (χ1n) is 10.9. The van der Waals surface area contributed by atoms with Gasteiger partial charge in [0.15, 0.2) is 5.78 Å². The minimum atomic E-state index is -1.30. The van der Waals surface area contributed by atoms with E-state index in [2.05, 4.69) is 32.2 Å². The molecule has 2 rings (SSSR count). The quantitative estimate of drug-likeness (QED) is 0.197. The van der Waals surface area contributed by atoms with Crippen LogP contribution in [0.4, 0.5) is 0 Å². The van der Waals surface area contributed by atoms with Crippen molar-refractivity contribution in [2.45, 2.75) is 52.7 Å². The summed E-state index contributed by atoms with van der Waals surface area (Å²) in [5.74, 6) is -0.715. The van der Waals surface area contributed by atoms with E-state index < -0.39 is 29.6 Å². The summed E-state index contributed by atoms with van der Waals surface area (Å²) in [5.41, 5.74) is 1.07. The molecular weight excluding hydrogens is 406 g/mol. The first-order chi connectivity index (χ1) is 15.1. The number of allylic oxidation sites excluding steroid dienone is 6. The summed E-state index contributed by atoms with van der Waals surface area (Å²) in [7, 11) is 0. The number of aliphatic hydroxyl groups excluding tert-OH is 2. The van der Waals surface area contributed by atoms with E-state index in [-0.39, 0.29) is 11.3 Å². The Labute approximate surface area is 189 Å². The van der Waals surface area contributed by atoms with Crippen molar-refractivity contribution in [1.82, 2.24) is 5.32 Å². The summed E-state index contributed by atoms with van der Waals surface area (Å²) < 4.78 is 0. The Morgan fingerprint density at radius 1 is 1.12 bits per heavy atom. The van der Waals surface area contributed by atoms with Crippen LogP contribution >= 0.6 is 0 Å². The van der Waals surface area contributed by atoms with Gasteiger partial charge in [-0.2, -0.15) is 0 Å². The second kappa shape index (κ2) is 11.5. The van der Waals surface area contributed by atoms with Crippen molar-refractivity contribution in [2.24, 2.45) is 11.8 Å². The van der Waals surface area contributed by atoms with E-state index in [1.54, 1.807) is 12.2 Å². The first kappa shape index (κ1) is 25.1. The van der Waals surface area contributed by atoms with Gasteiger partial charge >= 0.3 is 0 Å². The van der Waals surface area contributed by atoms with Crippen LogP contribution in [0, 0.1) is 11.8 Å². The number of aliphatic hydroxyl groups is 2. The molecule has 0 aliphatic carbocycles. The van der Waals surface area contributed by atoms with E-state index in [9.17, 15) is 24.9 Å². The van der Waals surface area contributed by atoms with Crippen LogP contribution in [0.1, 0.15) is 52.2 Å². The van der Waals surface area contributed by atoms with E-state index in [0.717, 1.165) is 18.4 Å². The maximum atomic E-state index is 12.6. The van der Waals surface area contributed by atoms with E-state index in [1.807, 2.05) is 13.0 Å². The molecule has 1 heterocycles. The average molecular weight is 440 g/mol. The zero-order chi connectivity index (χ0) is 23.8. The number of benzene rings is 1. The number of nitrogens with one attached hydrogen (secondary N) is 1. The molecule has 1 saturated heterocycles. The van der Waals surface area contributed by atoms with Gasteiger partial charge in [0.05, 0.1) is 0 Å². The highest BCUT2D eigenvalue weighted by atomic mass is 16.3. The SMILES string of the molecule is CC[C@@H](C)C[C@@H](C)/C=C(C)/C=C/C=C/C(O)=C1\C(=O)N[C@@H]([C@@H](O)c2ccc(O)cc2)C1=O. The van der Waals surface area contributed by atoms with Gasteiger partial charge in [-0.25, -0.2) is 0 Å². The molecule has 4 atom stereocenters. The van der Waals surface area contributed by atoms with Crippen LogP contribution < -0.4 is 5.32 Å². The van der Waals surface area contributed by atoms with Crippen LogP contribution in [0.15, 0.2) is 71.6 Å². The van der Waals surface area contributed by atoms with Gasteiger partial charge in [0.25, 0.3) is 5.91 Å². The normalized spacial score (nSPS) is 21.8. The van der Waals surface area contributed by atoms with E-state index in [0.29, 0.717) is 17.4 Å². The van der Waals surface area contributed by atoms with Crippen molar-refractivity contribution < 1.29 is 24.9 Å². The zero-order valence-electron chi connectivity index (χ0n) is 19.1. The van der Waals surface area contributed by atoms with Crippen molar-refractivity contribution in [2.75, 3.05) is 0 Å². The molecule has 172 valence electrons. The van der Waals surface area contributed by atoms with Crippen molar-refractivity contribution >= 4 is 11.7 Å². The Bertz CT molecular complexity index is 939. The summed E-state index contributed by atoms with van der Waals surface area (Å²) in [4.78, 5) is 24.9. The number of aromatic hydroxyl groups is 1. The lowest BCUT2D eigenvalue weighted by molar-refractivity contribution is -0.118. The number of hydrogen-bond donors (Lipinski definition) is 4. The number of Topliss-reactive ketones (excluding diaryl/α,β-unsaturated/α-hetero) is 1. The molecule has 6 nitrogen and oxygen atoms in total. The number of carbonyl (C=O) groups excluding carboxylic acids is 2. The molecule has 1 aromatic carbocycles. The average Bonchev–Trinajstić information content (AvgIpc) is 3.04. The van der Waals surface area contributed by atoms with Crippen LogP contribution in [0.25, 0.3) is 0 Å². The molecule has 1 aliphatic heterocycles. The summed E-state index contributed by atoms with van der Waals surface area (Å²) in [6.07, 6.45) is 9.65. The predicted molar refractivity (Wildman–Crippen MR) is 125 cm³/mol. The molecule has 0 unspecified atom stereocenters. The van der Waals surface area contributed by atoms with Crippen molar-refractivity contribution in [1.29, 1.82) is 0 Å². The van der Waals surface area contributed by atoms with Crippen molar-refractivity contribution in [3.05, 3.63) is 77.1 Å². The van der Waals surface area contributed by atoms with E-state index in [1.165, 1.54) is 30.3 Å². The Kier molecular flexibility index (Phi) is 9.02. The second-order valence-corrected chi connectivity index (χ2v) is 8.47. The fourth-order valence-electron chi connectivity index (χ4n) is 3.69. The highest BCUT2D eigenvalue weighted by Gasteiger charge is 2.42. The van der Waals surface area contributed by atoms with Gasteiger partial charge in [-0.3, -0.25) is 9.59 Å². The third-order valence-corrected chi connectivity index (χ3v) is 5.59. The smallest absolute Gasteiger partial charge is 0.259 e. The summed E-state index contributed by atoms with van der Waals surface area (Å²) >= 11 is 0. The van der Waals surface area contributed by atoms with Crippen molar-refractivity contribution in [3.8, 4) is 5.75 Å². The lowest BCUT2D eigenvalue weighted by Gasteiger charge is -2.16.